The maximum Gasteiger partial charge on any atom is 0.233 e. The summed E-state index contributed by atoms with van der Waals surface area (Å²) in [6, 6.07) is 8.25. The number of aromatic amines is 1. The smallest absolute Gasteiger partial charge is 0.233 e. The molecule has 1 saturated heterocycles. The molecule has 1 aliphatic rings. The van der Waals surface area contributed by atoms with Gasteiger partial charge < -0.3 is 15.1 Å². The van der Waals surface area contributed by atoms with Crippen LogP contribution in [0.25, 0.3) is 18.2 Å². The number of H-pyrrole nitrogens is 1. The second-order valence-electron chi connectivity index (χ2n) is 7.33. The average Bonchev–Trinajstić information content (AvgIpc) is 3.20. The molecule has 0 unspecified atom stereocenters. The molecular formula is C22H25FN8. The van der Waals surface area contributed by atoms with Crippen molar-refractivity contribution in [2.24, 2.45) is 0 Å². The topological polar surface area (TPSA) is 85.9 Å². The Morgan fingerprint density at radius 2 is 1.87 bits per heavy atom. The van der Waals surface area contributed by atoms with Crippen LogP contribution in [0, 0.1) is 5.82 Å². The number of rotatable bonds is 6. The molecule has 160 valence electrons. The highest BCUT2D eigenvalue weighted by Crippen LogP contribution is 2.18. The number of piperazine rings is 1. The third-order valence-electron chi connectivity index (χ3n) is 4.88. The second-order valence-corrected chi connectivity index (χ2v) is 7.33. The normalized spacial score (nSPS) is 15.3. The molecule has 1 aromatic carbocycles. The van der Waals surface area contributed by atoms with Crippen molar-refractivity contribution in [2.75, 3.05) is 43.4 Å². The minimum atomic E-state index is -0.284. The van der Waals surface area contributed by atoms with E-state index in [-0.39, 0.29) is 5.82 Å². The van der Waals surface area contributed by atoms with Gasteiger partial charge in [0.25, 0.3) is 0 Å². The van der Waals surface area contributed by atoms with Crippen LogP contribution in [0.2, 0.25) is 0 Å². The molecule has 0 atom stereocenters. The fraction of sp³-hybridized carbons (Fsp3) is 0.273. The highest BCUT2D eigenvalue weighted by Gasteiger charge is 2.18. The van der Waals surface area contributed by atoms with Gasteiger partial charge in [0.2, 0.25) is 11.9 Å². The van der Waals surface area contributed by atoms with Crippen molar-refractivity contribution in [3.8, 4) is 0 Å². The van der Waals surface area contributed by atoms with E-state index in [0.29, 0.717) is 23.5 Å². The van der Waals surface area contributed by atoms with Crippen molar-refractivity contribution >= 4 is 35.9 Å². The van der Waals surface area contributed by atoms with E-state index < -0.39 is 0 Å². The van der Waals surface area contributed by atoms with Gasteiger partial charge in [-0.1, -0.05) is 24.3 Å². The van der Waals surface area contributed by atoms with Gasteiger partial charge in [0.1, 0.15) is 5.82 Å². The summed E-state index contributed by atoms with van der Waals surface area (Å²) >= 11 is 0. The number of nitrogens with zero attached hydrogens (tertiary/aromatic N) is 6. The second kappa shape index (κ2) is 9.48. The van der Waals surface area contributed by atoms with Crippen molar-refractivity contribution in [3.05, 3.63) is 59.3 Å². The van der Waals surface area contributed by atoms with Crippen LogP contribution in [-0.4, -0.2) is 63.3 Å². The molecule has 1 fully saturated rings. The Balaban J connectivity index is 1.62. The van der Waals surface area contributed by atoms with Gasteiger partial charge in [-0.15, -0.1) is 0 Å². The van der Waals surface area contributed by atoms with Gasteiger partial charge in [-0.25, -0.2) is 4.39 Å². The minimum absolute atomic E-state index is 0.284. The quantitative estimate of drug-likeness (QED) is 0.632. The van der Waals surface area contributed by atoms with E-state index in [2.05, 4.69) is 47.3 Å². The Kier molecular flexibility index (Phi) is 6.32. The minimum Gasteiger partial charge on any atom is -0.338 e. The number of benzene rings is 1. The third-order valence-corrected chi connectivity index (χ3v) is 4.88. The number of likely N-dealkylation sites (N-methyl/N-ethyl adjacent to an activating group) is 1. The van der Waals surface area contributed by atoms with E-state index in [1.807, 2.05) is 31.2 Å². The molecule has 3 heterocycles. The van der Waals surface area contributed by atoms with E-state index in [1.165, 1.54) is 12.1 Å². The summed E-state index contributed by atoms with van der Waals surface area (Å²) in [7, 11) is 2.10. The van der Waals surface area contributed by atoms with E-state index >= 15 is 0 Å². The summed E-state index contributed by atoms with van der Waals surface area (Å²) in [5.74, 6) is 1.83. The Morgan fingerprint density at radius 1 is 1.03 bits per heavy atom. The van der Waals surface area contributed by atoms with E-state index in [4.69, 9.17) is 0 Å². The summed E-state index contributed by atoms with van der Waals surface area (Å²) in [6.07, 6.45) is 7.40. The van der Waals surface area contributed by atoms with Gasteiger partial charge in [-0.05, 0) is 43.8 Å². The van der Waals surface area contributed by atoms with Gasteiger partial charge in [-0.3, -0.25) is 5.10 Å². The largest absolute Gasteiger partial charge is 0.338 e. The fourth-order valence-corrected chi connectivity index (χ4v) is 3.22. The number of hydrogen-bond donors (Lipinski definition) is 2. The predicted molar refractivity (Wildman–Crippen MR) is 121 cm³/mol. The first kappa shape index (κ1) is 20.7. The Hall–Kier alpha value is -3.59. The Bertz CT molecular complexity index is 1080. The number of anilines is 3. The lowest BCUT2D eigenvalue weighted by Crippen LogP contribution is -2.45. The molecule has 8 nitrogen and oxygen atoms in total. The average molecular weight is 420 g/mol. The molecule has 2 N–H and O–H groups in total. The number of hydrogen-bond acceptors (Lipinski definition) is 7. The first-order valence-corrected chi connectivity index (χ1v) is 10.2. The SMILES string of the molecule is C/C=C/c1cc(Nc2nc(/C=C/c3cccc(F)c3)nc(N3CCN(C)CC3)n2)n[nH]1. The van der Waals surface area contributed by atoms with Crippen LogP contribution in [0.15, 0.2) is 36.4 Å². The fourth-order valence-electron chi connectivity index (χ4n) is 3.22. The van der Waals surface area contributed by atoms with Gasteiger partial charge >= 0.3 is 0 Å². The van der Waals surface area contributed by atoms with Crippen LogP contribution < -0.4 is 10.2 Å². The lowest BCUT2D eigenvalue weighted by atomic mass is 10.2. The maximum atomic E-state index is 13.5. The molecule has 4 rings (SSSR count). The van der Waals surface area contributed by atoms with E-state index in [9.17, 15) is 4.39 Å². The monoisotopic (exact) mass is 420 g/mol. The van der Waals surface area contributed by atoms with Crippen LogP contribution in [-0.2, 0) is 0 Å². The third kappa shape index (κ3) is 5.52. The van der Waals surface area contributed by atoms with Gasteiger partial charge in [-0.2, -0.15) is 20.1 Å². The molecule has 9 heteroatoms. The van der Waals surface area contributed by atoms with Crippen molar-refractivity contribution in [1.29, 1.82) is 0 Å². The van der Waals surface area contributed by atoms with Gasteiger partial charge in [0, 0.05) is 32.2 Å². The van der Waals surface area contributed by atoms with Crippen LogP contribution in [0.4, 0.5) is 22.1 Å². The van der Waals surface area contributed by atoms with Gasteiger partial charge in [0.15, 0.2) is 11.6 Å². The summed E-state index contributed by atoms with van der Waals surface area (Å²) in [4.78, 5) is 18.2. The van der Waals surface area contributed by atoms with E-state index in [0.717, 1.165) is 37.4 Å². The summed E-state index contributed by atoms with van der Waals surface area (Å²) in [5, 5.41) is 10.3. The molecule has 0 radical (unpaired) electrons. The predicted octanol–water partition coefficient (Wildman–Crippen LogP) is 3.43. The van der Waals surface area contributed by atoms with E-state index in [1.54, 1.807) is 18.2 Å². The molecule has 0 spiro atoms. The maximum absolute atomic E-state index is 13.5. The van der Waals surface area contributed by atoms with Gasteiger partial charge in [0.05, 0.1) is 5.69 Å². The molecule has 0 bridgehead atoms. The zero-order valence-corrected chi connectivity index (χ0v) is 17.6. The van der Waals surface area contributed by atoms with Crippen molar-refractivity contribution < 1.29 is 4.39 Å². The molecule has 2 aromatic heterocycles. The molecule has 0 aliphatic carbocycles. The number of nitrogens with one attached hydrogen (secondary N) is 2. The van der Waals surface area contributed by atoms with Crippen LogP contribution in [0.3, 0.4) is 0 Å². The van der Waals surface area contributed by atoms with Crippen LogP contribution >= 0.6 is 0 Å². The summed E-state index contributed by atoms with van der Waals surface area (Å²) in [5.41, 5.74) is 1.61. The molecule has 3 aromatic rings. The van der Waals surface area contributed by atoms with Crippen molar-refractivity contribution in [1.82, 2.24) is 30.0 Å². The number of aromatic nitrogens is 5. The Morgan fingerprint density at radius 3 is 2.65 bits per heavy atom. The molecule has 0 amide bonds. The lowest BCUT2D eigenvalue weighted by Gasteiger charge is -2.32. The first-order chi connectivity index (χ1) is 15.1. The Labute approximate surface area is 180 Å². The highest BCUT2D eigenvalue weighted by atomic mass is 19.1. The molecular weight excluding hydrogens is 395 g/mol. The van der Waals surface area contributed by atoms with Crippen LogP contribution in [0.5, 0.6) is 0 Å². The first-order valence-electron chi connectivity index (χ1n) is 10.2. The molecule has 31 heavy (non-hydrogen) atoms. The zero-order chi connectivity index (χ0) is 21.6. The summed E-state index contributed by atoms with van der Waals surface area (Å²) < 4.78 is 13.5. The summed E-state index contributed by atoms with van der Waals surface area (Å²) in [6.45, 7) is 5.49. The van der Waals surface area contributed by atoms with Crippen LogP contribution in [0.1, 0.15) is 24.0 Å². The van der Waals surface area contributed by atoms with Crippen molar-refractivity contribution in [2.45, 2.75) is 6.92 Å². The molecule has 0 saturated carbocycles. The number of halogens is 1. The van der Waals surface area contributed by atoms with Crippen molar-refractivity contribution in [3.63, 3.8) is 0 Å². The highest BCUT2D eigenvalue weighted by molar-refractivity contribution is 5.67. The lowest BCUT2D eigenvalue weighted by molar-refractivity contribution is 0.311. The number of allylic oxidation sites excluding steroid dienone is 1. The standard InChI is InChI=1S/C22H25FN8/c1-3-5-18-15-20(29-28-18)25-21-24-19(9-8-16-6-4-7-17(23)14-16)26-22(27-21)31-12-10-30(2)11-13-31/h3-9,14-15H,10-13H2,1-2H3,(H2,24,25,26,27,28,29)/b5-3+,9-8+. The molecule has 1 aliphatic heterocycles. The zero-order valence-electron chi connectivity index (χ0n) is 17.6.